The van der Waals surface area contributed by atoms with Gasteiger partial charge in [-0.25, -0.2) is 4.39 Å². The molecule has 7 heteroatoms. The molecule has 1 aromatic carbocycles. The van der Waals surface area contributed by atoms with Crippen LogP contribution in [-0.2, 0) is 14.4 Å². The fourth-order valence-corrected chi connectivity index (χ4v) is 4.48. The molecule has 1 aliphatic heterocycles. The largest absolute Gasteiger partial charge is 0.361 e. The summed E-state index contributed by atoms with van der Waals surface area (Å²) in [6.45, 7) is 16.3. The van der Waals surface area contributed by atoms with E-state index in [4.69, 9.17) is 0 Å². The Morgan fingerprint density at radius 1 is 1.22 bits per heavy atom. The van der Waals surface area contributed by atoms with E-state index in [2.05, 4.69) is 38.0 Å². The van der Waals surface area contributed by atoms with Gasteiger partial charge in [0.05, 0.1) is 6.04 Å². The number of nitrogens with one attached hydrogen (secondary N) is 2. The van der Waals surface area contributed by atoms with Crippen molar-refractivity contribution in [1.29, 1.82) is 0 Å². The van der Waals surface area contributed by atoms with Crippen LogP contribution in [0.4, 0.5) is 4.39 Å². The Labute approximate surface area is 223 Å². The smallest absolute Gasteiger partial charge is 0.219 e. The molecular weight excluding hydrogens is 469 g/mol. The normalized spacial score (nSPS) is 20.2. The van der Waals surface area contributed by atoms with Gasteiger partial charge in [-0.3, -0.25) is 9.59 Å². The van der Waals surface area contributed by atoms with Crippen LogP contribution in [0.3, 0.4) is 0 Å². The van der Waals surface area contributed by atoms with Crippen molar-refractivity contribution in [2.24, 2.45) is 17.8 Å². The van der Waals surface area contributed by atoms with E-state index in [1.807, 2.05) is 18.0 Å². The van der Waals surface area contributed by atoms with Crippen LogP contribution >= 0.6 is 0 Å². The van der Waals surface area contributed by atoms with Crippen molar-refractivity contribution >= 4 is 28.9 Å². The topological polar surface area (TPSA) is 82.3 Å². The van der Waals surface area contributed by atoms with Crippen molar-refractivity contribution in [3.8, 4) is 0 Å². The van der Waals surface area contributed by atoms with Crippen LogP contribution < -0.4 is 5.32 Å². The monoisotopic (exact) mass is 519 g/mol. The summed E-state index contributed by atoms with van der Waals surface area (Å²) in [5, 5.41) is 3.69. The molecule has 5 atom stereocenters. The molecule has 0 spiro atoms. The first-order valence-electron chi connectivity index (χ1n) is 13.1. The molecule has 1 aromatic heterocycles. The standard InChI is InChI=1S/C18H23FN2O.C7H14O.C4H9NO.CH4/c1-4-5-18-11(2)16(10-21(18)12(3)22)15-9-20-17-7-6-13(19)8-14(15)17;1-5(2)6(3)7(4)8;1-4(3-6)5-2;/h6-9,11,16,18,20H,4-5,10H2,1-3H3;5-6H,1-4H3;3-5H,1-2H3;1H4/t11?,16-,18+;;4-;/m0.0./s1. The number of likely N-dealkylation sites (tertiary alicyclic amines) is 1. The van der Waals surface area contributed by atoms with Gasteiger partial charge in [0.15, 0.2) is 0 Å². The summed E-state index contributed by atoms with van der Waals surface area (Å²) < 4.78 is 13.6. The van der Waals surface area contributed by atoms with Gasteiger partial charge >= 0.3 is 0 Å². The predicted molar refractivity (Wildman–Crippen MR) is 152 cm³/mol. The number of H-pyrrole nitrogens is 1. The molecule has 2 unspecified atom stereocenters. The molecule has 2 aromatic rings. The number of Topliss-reactive ketones (excluding diaryl/α,β-unsaturated/α-hetero) is 1. The van der Waals surface area contributed by atoms with Crippen molar-refractivity contribution in [3.63, 3.8) is 0 Å². The quantitative estimate of drug-likeness (QED) is 0.417. The second-order valence-corrected chi connectivity index (χ2v) is 10.3. The molecule has 0 bridgehead atoms. The van der Waals surface area contributed by atoms with E-state index in [-0.39, 0.29) is 43.1 Å². The van der Waals surface area contributed by atoms with Crippen molar-refractivity contribution in [2.75, 3.05) is 13.6 Å². The molecule has 1 amide bonds. The van der Waals surface area contributed by atoms with Crippen molar-refractivity contribution in [1.82, 2.24) is 15.2 Å². The first-order chi connectivity index (χ1) is 16.9. The van der Waals surface area contributed by atoms with Crippen molar-refractivity contribution in [2.45, 2.75) is 93.7 Å². The molecule has 210 valence electrons. The van der Waals surface area contributed by atoms with Crippen LogP contribution in [0, 0.1) is 23.6 Å². The van der Waals surface area contributed by atoms with E-state index in [0.29, 0.717) is 17.6 Å². The van der Waals surface area contributed by atoms with Gasteiger partial charge in [-0.05, 0) is 62.9 Å². The van der Waals surface area contributed by atoms with Gasteiger partial charge in [0.25, 0.3) is 0 Å². The van der Waals surface area contributed by atoms with E-state index in [9.17, 15) is 18.8 Å². The summed E-state index contributed by atoms with van der Waals surface area (Å²) in [6.07, 6.45) is 4.93. The highest BCUT2D eigenvalue weighted by molar-refractivity contribution is 5.84. The molecule has 1 saturated heterocycles. The van der Waals surface area contributed by atoms with Gasteiger partial charge in [-0.15, -0.1) is 0 Å². The summed E-state index contributed by atoms with van der Waals surface area (Å²) in [4.78, 5) is 37.5. The minimum atomic E-state index is -0.215. The number of ketones is 1. The van der Waals surface area contributed by atoms with Gasteiger partial charge in [0.1, 0.15) is 17.9 Å². The maximum absolute atomic E-state index is 13.6. The highest BCUT2D eigenvalue weighted by Gasteiger charge is 2.41. The maximum atomic E-state index is 13.6. The molecule has 1 aliphatic rings. The summed E-state index contributed by atoms with van der Waals surface area (Å²) in [6, 6.07) is 5.14. The van der Waals surface area contributed by atoms with Crippen LogP contribution in [0.2, 0.25) is 0 Å². The van der Waals surface area contributed by atoms with Crippen LogP contribution in [0.5, 0.6) is 0 Å². The molecule has 0 saturated carbocycles. The highest BCUT2D eigenvalue weighted by atomic mass is 19.1. The Hall–Kier alpha value is -2.54. The second kappa shape index (κ2) is 16.3. The lowest BCUT2D eigenvalue weighted by Crippen LogP contribution is -2.35. The first-order valence-corrected chi connectivity index (χ1v) is 13.1. The Morgan fingerprint density at radius 3 is 2.24 bits per heavy atom. The molecule has 1 fully saturated rings. The summed E-state index contributed by atoms with van der Waals surface area (Å²) in [7, 11) is 1.75. The number of aldehydes is 1. The Bertz CT molecular complexity index is 988. The van der Waals surface area contributed by atoms with Gasteiger partial charge in [0.2, 0.25) is 5.91 Å². The Kier molecular flexibility index (Phi) is 15.2. The van der Waals surface area contributed by atoms with Crippen LogP contribution in [0.25, 0.3) is 10.9 Å². The van der Waals surface area contributed by atoms with Crippen LogP contribution in [0.1, 0.15) is 87.1 Å². The number of hydrogen-bond acceptors (Lipinski definition) is 4. The number of benzene rings is 1. The van der Waals surface area contributed by atoms with Gasteiger partial charge in [-0.2, -0.15) is 0 Å². The van der Waals surface area contributed by atoms with Gasteiger partial charge < -0.3 is 20.0 Å². The number of aromatic nitrogens is 1. The minimum absolute atomic E-state index is 0. The number of halogens is 1. The third kappa shape index (κ3) is 9.69. The number of amides is 1. The van der Waals surface area contributed by atoms with E-state index in [1.165, 1.54) is 6.07 Å². The third-order valence-electron chi connectivity index (χ3n) is 7.40. The van der Waals surface area contributed by atoms with Crippen molar-refractivity contribution in [3.05, 3.63) is 35.8 Å². The predicted octanol–water partition coefficient (Wildman–Crippen LogP) is 6.35. The van der Waals surface area contributed by atoms with Crippen LogP contribution in [0.15, 0.2) is 24.4 Å². The van der Waals surface area contributed by atoms with E-state index < -0.39 is 0 Å². The van der Waals surface area contributed by atoms with Crippen molar-refractivity contribution < 1.29 is 18.8 Å². The first kappa shape index (κ1) is 34.5. The lowest BCUT2D eigenvalue weighted by Gasteiger charge is -2.25. The number of rotatable bonds is 7. The fraction of sp³-hybridized carbons (Fsp3) is 0.633. The maximum Gasteiger partial charge on any atom is 0.219 e. The number of carbonyl (C=O) groups excluding carboxylic acids is 3. The third-order valence-corrected chi connectivity index (χ3v) is 7.40. The molecule has 2 N–H and O–H groups in total. The highest BCUT2D eigenvalue weighted by Crippen LogP contribution is 2.41. The zero-order valence-corrected chi connectivity index (χ0v) is 23.5. The zero-order valence-electron chi connectivity index (χ0n) is 23.5. The van der Waals surface area contributed by atoms with E-state index in [1.54, 1.807) is 40.0 Å². The lowest BCUT2D eigenvalue weighted by molar-refractivity contribution is -0.130. The average molecular weight is 520 g/mol. The summed E-state index contributed by atoms with van der Waals surface area (Å²) >= 11 is 0. The number of nitrogens with zero attached hydrogens (tertiary/aromatic N) is 1. The SMILES string of the molecule is C.CC(=O)C(C)C(C)C.CCC[C@@H]1C(C)[C@@H](c2c[nH]c3ccc(F)cc23)CN1C(C)=O.CN[C@@H](C)C=O. The molecule has 0 aliphatic carbocycles. The summed E-state index contributed by atoms with van der Waals surface area (Å²) in [5.74, 6) is 1.58. The van der Waals surface area contributed by atoms with Gasteiger partial charge in [-0.1, -0.05) is 48.5 Å². The zero-order chi connectivity index (χ0) is 27.6. The number of hydrogen-bond donors (Lipinski definition) is 2. The molecule has 2 heterocycles. The molecule has 37 heavy (non-hydrogen) atoms. The van der Waals surface area contributed by atoms with Gasteiger partial charge in [0, 0.05) is 48.4 Å². The molecule has 6 nitrogen and oxygen atoms in total. The number of likely N-dealkylation sites (N-methyl/N-ethyl adjacent to an activating group) is 1. The molecule has 0 radical (unpaired) electrons. The second-order valence-electron chi connectivity index (χ2n) is 10.3. The molecular formula is C30H50FN3O3. The van der Waals surface area contributed by atoms with E-state index in [0.717, 1.165) is 42.1 Å². The van der Waals surface area contributed by atoms with E-state index >= 15 is 0 Å². The number of aromatic amines is 1. The Morgan fingerprint density at radius 2 is 1.84 bits per heavy atom. The minimum Gasteiger partial charge on any atom is -0.361 e. The Balaban J connectivity index is 0.000000721. The lowest BCUT2D eigenvalue weighted by atomic mass is 9.85. The fourth-order valence-electron chi connectivity index (χ4n) is 4.48. The summed E-state index contributed by atoms with van der Waals surface area (Å²) in [5.41, 5.74) is 2.09. The number of carbonyl (C=O) groups is 3. The molecule has 3 rings (SSSR count). The number of fused-ring (bicyclic) bond motifs is 1. The average Bonchev–Trinajstić information content (AvgIpc) is 3.39. The van der Waals surface area contributed by atoms with Crippen LogP contribution in [-0.4, -0.2) is 53.5 Å².